The van der Waals surface area contributed by atoms with Gasteiger partial charge in [-0.2, -0.15) is 0 Å². The third kappa shape index (κ3) is 42.5. The SMILES string of the molecule is C1CCOC1.C1COCO1.CC.CC.CC.CC.CC.Cc1ncncn1.Cc1nnc(C)nn1. The van der Waals surface area contributed by atoms with Gasteiger partial charge in [0.25, 0.3) is 0 Å². The van der Waals surface area contributed by atoms with Crippen LogP contribution in [0.5, 0.6) is 0 Å². The molecule has 0 atom stereocenters. The van der Waals surface area contributed by atoms with Gasteiger partial charge in [-0.3, -0.25) is 0 Å². The quantitative estimate of drug-likeness (QED) is 0.426. The van der Waals surface area contributed by atoms with Crippen molar-refractivity contribution in [2.24, 2.45) is 0 Å². The Bertz CT molecular complexity index is 494. The highest BCUT2D eigenvalue weighted by Gasteiger charge is 1.95. The van der Waals surface area contributed by atoms with E-state index in [2.05, 4.69) is 35.3 Å². The van der Waals surface area contributed by atoms with Crippen molar-refractivity contribution < 1.29 is 14.2 Å². The van der Waals surface area contributed by atoms with Crippen molar-refractivity contribution in [3.8, 4) is 0 Å². The highest BCUT2D eigenvalue weighted by molar-refractivity contribution is 4.74. The summed E-state index contributed by atoms with van der Waals surface area (Å²) in [6.45, 7) is 29.4. The molecule has 0 radical (unpaired) electrons. The fourth-order valence-corrected chi connectivity index (χ4v) is 1.43. The van der Waals surface area contributed by atoms with Gasteiger partial charge in [-0.25, -0.2) is 15.0 Å². The third-order valence-electron chi connectivity index (χ3n) is 2.67. The standard InChI is InChI=1S/C4H6N4.C4H5N3.C4H8O.C3H6O2.5C2H6/c1-3-5-7-4(2)8-6-3;1-4-6-2-5-3-7-4;1-2-4-5-3-1;1-2-5-3-4-1;5*1-2/h1-2H3;2-3H,1H3;1-4H2;1-3H2;5*1-2H3. The fraction of sp³-hybridized carbons (Fsp3) is 0.800. The van der Waals surface area contributed by atoms with Crippen molar-refractivity contribution in [3.63, 3.8) is 0 Å². The highest BCUT2D eigenvalue weighted by Crippen LogP contribution is 1.98. The van der Waals surface area contributed by atoms with Gasteiger partial charge in [0.1, 0.15) is 25.3 Å². The molecule has 2 aliphatic heterocycles. The first-order chi connectivity index (χ1) is 17.2. The van der Waals surface area contributed by atoms with Crippen molar-refractivity contribution >= 4 is 0 Å². The second kappa shape index (κ2) is 45.3. The number of rotatable bonds is 0. The summed E-state index contributed by atoms with van der Waals surface area (Å²) in [7, 11) is 0. The molecular formula is C25H55N7O3. The smallest absolute Gasteiger partial charge is 0.170 e. The second-order valence-electron chi connectivity index (χ2n) is 4.93. The van der Waals surface area contributed by atoms with Crippen molar-refractivity contribution in [1.82, 2.24) is 35.3 Å². The van der Waals surface area contributed by atoms with Crippen LogP contribution in [0, 0.1) is 20.8 Å². The molecule has 2 aromatic rings. The lowest BCUT2D eigenvalue weighted by Crippen LogP contribution is -1.97. The Morgan fingerprint density at radius 3 is 1.00 bits per heavy atom. The highest BCUT2D eigenvalue weighted by atomic mass is 16.7. The van der Waals surface area contributed by atoms with Gasteiger partial charge < -0.3 is 14.2 Å². The minimum Gasteiger partial charge on any atom is -0.381 e. The van der Waals surface area contributed by atoms with E-state index in [1.165, 1.54) is 25.5 Å². The minimum atomic E-state index is 0.500. The summed E-state index contributed by atoms with van der Waals surface area (Å²) in [4.78, 5) is 11.1. The first-order valence-corrected chi connectivity index (χ1v) is 13.0. The molecule has 0 spiro atoms. The summed E-state index contributed by atoms with van der Waals surface area (Å²) in [6.07, 6.45) is 5.50. The first kappa shape index (κ1) is 42.9. The van der Waals surface area contributed by atoms with E-state index < -0.39 is 0 Å². The molecule has 0 saturated carbocycles. The lowest BCUT2D eigenvalue weighted by molar-refractivity contribution is 0.0692. The molecule has 35 heavy (non-hydrogen) atoms. The predicted octanol–water partition coefficient (Wildman–Crippen LogP) is 5.98. The van der Waals surface area contributed by atoms with Crippen molar-refractivity contribution in [3.05, 3.63) is 30.1 Å². The molecule has 2 aliphatic rings. The maximum absolute atomic E-state index is 4.94. The number of hydrogen-bond donors (Lipinski definition) is 0. The molecule has 2 aromatic heterocycles. The lowest BCUT2D eigenvalue weighted by Gasteiger charge is -1.85. The van der Waals surface area contributed by atoms with Crippen molar-refractivity contribution in [2.45, 2.75) is 103 Å². The van der Waals surface area contributed by atoms with Crippen LogP contribution in [0.2, 0.25) is 0 Å². The number of aromatic nitrogens is 7. The third-order valence-corrected chi connectivity index (χ3v) is 2.67. The van der Waals surface area contributed by atoms with Crippen LogP contribution in [0.3, 0.4) is 0 Å². The Labute approximate surface area is 216 Å². The lowest BCUT2D eigenvalue weighted by atomic mass is 10.4. The molecule has 10 heteroatoms. The number of aryl methyl sites for hydroxylation is 3. The van der Waals surface area contributed by atoms with Gasteiger partial charge in [-0.15, -0.1) is 20.4 Å². The van der Waals surface area contributed by atoms with E-state index in [-0.39, 0.29) is 0 Å². The molecule has 0 unspecified atom stereocenters. The Morgan fingerprint density at radius 2 is 0.829 bits per heavy atom. The van der Waals surface area contributed by atoms with E-state index in [1.54, 1.807) is 13.8 Å². The molecule has 2 saturated heterocycles. The topological polar surface area (TPSA) is 118 Å². The zero-order valence-corrected chi connectivity index (χ0v) is 25.0. The Morgan fingerprint density at radius 1 is 0.486 bits per heavy atom. The van der Waals surface area contributed by atoms with Crippen molar-refractivity contribution in [1.29, 1.82) is 0 Å². The van der Waals surface area contributed by atoms with Gasteiger partial charge in [-0.05, 0) is 33.6 Å². The monoisotopic (exact) mass is 501 g/mol. The van der Waals surface area contributed by atoms with Crippen LogP contribution in [-0.4, -0.2) is 68.6 Å². The maximum Gasteiger partial charge on any atom is 0.170 e. The van der Waals surface area contributed by atoms with E-state index in [0.717, 1.165) is 32.3 Å². The molecule has 2 fully saturated rings. The van der Waals surface area contributed by atoms with Crippen LogP contribution in [-0.2, 0) is 14.2 Å². The van der Waals surface area contributed by atoms with Crippen LogP contribution in [0.4, 0.5) is 0 Å². The molecule has 0 aromatic carbocycles. The van der Waals surface area contributed by atoms with E-state index in [1.807, 2.05) is 76.2 Å². The van der Waals surface area contributed by atoms with Gasteiger partial charge in [-0.1, -0.05) is 69.2 Å². The normalized spacial score (nSPS) is 11.6. The molecule has 0 aliphatic carbocycles. The van der Waals surface area contributed by atoms with Gasteiger partial charge in [0.2, 0.25) is 0 Å². The first-order valence-electron chi connectivity index (χ1n) is 13.0. The summed E-state index contributed by atoms with van der Waals surface area (Å²) in [5.41, 5.74) is 0. The van der Waals surface area contributed by atoms with Crippen LogP contribution in [0.15, 0.2) is 12.7 Å². The molecule has 208 valence electrons. The largest absolute Gasteiger partial charge is 0.381 e. The predicted molar refractivity (Wildman–Crippen MR) is 145 cm³/mol. The van der Waals surface area contributed by atoms with Gasteiger partial charge in [0, 0.05) is 13.2 Å². The van der Waals surface area contributed by atoms with E-state index in [0.29, 0.717) is 18.4 Å². The average molecular weight is 502 g/mol. The Balaban J connectivity index is -0.000000103. The summed E-state index contributed by atoms with van der Waals surface area (Å²) < 4.78 is 14.4. The van der Waals surface area contributed by atoms with Crippen LogP contribution >= 0.6 is 0 Å². The van der Waals surface area contributed by atoms with Crippen LogP contribution < -0.4 is 0 Å². The van der Waals surface area contributed by atoms with E-state index >= 15 is 0 Å². The van der Waals surface area contributed by atoms with Gasteiger partial charge in [0.15, 0.2) is 11.6 Å². The van der Waals surface area contributed by atoms with E-state index in [4.69, 9.17) is 14.2 Å². The molecule has 0 bridgehead atoms. The zero-order chi connectivity index (χ0) is 28.2. The van der Waals surface area contributed by atoms with E-state index in [9.17, 15) is 0 Å². The van der Waals surface area contributed by atoms with Crippen LogP contribution in [0.1, 0.15) is 99.6 Å². The second-order valence-corrected chi connectivity index (χ2v) is 4.93. The number of nitrogens with zero attached hydrogens (tertiary/aromatic N) is 7. The van der Waals surface area contributed by atoms with Crippen molar-refractivity contribution in [2.75, 3.05) is 33.2 Å². The number of ether oxygens (including phenoxy) is 3. The summed E-state index contributed by atoms with van der Waals surface area (Å²) in [6, 6.07) is 0. The fourth-order valence-electron chi connectivity index (χ4n) is 1.43. The number of hydrogen-bond acceptors (Lipinski definition) is 10. The summed E-state index contributed by atoms with van der Waals surface area (Å²) >= 11 is 0. The molecule has 4 heterocycles. The minimum absolute atomic E-state index is 0.500. The molecule has 0 amide bonds. The summed E-state index contributed by atoms with van der Waals surface area (Å²) in [5, 5.41) is 14.6. The summed E-state index contributed by atoms with van der Waals surface area (Å²) in [5.74, 6) is 1.97. The molecular weight excluding hydrogens is 446 g/mol. The molecule has 10 nitrogen and oxygen atoms in total. The molecule has 4 rings (SSSR count). The maximum atomic E-state index is 4.94. The molecule has 0 N–H and O–H groups in total. The zero-order valence-electron chi connectivity index (χ0n) is 25.0. The van der Waals surface area contributed by atoms with Gasteiger partial charge >= 0.3 is 0 Å². The Hall–Kier alpha value is -2.17. The Kier molecular flexibility index (Phi) is 55.6. The van der Waals surface area contributed by atoms with Crippen LogP contribution in [0.25, 0.3) is 0 Å². The average Bonchev–Trinajstić information content (AvgIpc) is 3.73. The van der Waals surface area contributed by atoms with Gasteiger partial charge in [0.05, 0.1) is 13.2 Å².